The van der Waals surface area contributed by atoms with E-state index >= 15 is 0 Å². The summed E-state index contributed by atoms with van der Waals surface area (Å²) in [6.45, 7) is 3.20. The Morgan fingerprint density at radius 2 is 2.00 bits per heavy atom. The van der Waals surface area contributed by atoms with Crippen LogP contribution < -0.4 is 0 Å². The predicted octanol–water partition coefficient (Wildman–Crippen LogP) is 2.08. The summed E-state index contributed by atoms with van der Waals surface area (Å²) in [5.74, 6) is 0.0734. The van der Waals surface area contributed by atoms with Crippen molar-refractivity contribution in [2.75, 3.05) is 26.0 Å². The molecule has 0 saturated carbocycles. The van der Waals surface area contributed by atoms with E-state index in [9.17, 15) is 9.59 Å². The highest BCUT2D eigenvalue weighted by atomic mass is 32.2. The van der Waals surface area contributed by atoms with E-state index in [2.05, 4.69) is 10.2 Å². The van der Waals surface area contributed by atoms with Gasteiger partial charge in [0.2, 0.25) is 5.91 Å². The number of para-hydroxylation sites is 1. The number of likely N-dealkylation sites (tertiary alicyclic amines) is 1. The van der Waals surface area contributed by atoms with E-state index in [0.717, 1.165) is 11.3 Å². The third-order valence-corrected chi connectivity index (χ3v) is 5.53. The van der Waals surface area contributed by atoms with Gasteiger partial charge in [0, 0.05) is 13.1 Å². The monoisotopic (exact) mass is 374 g/mol. The molecule has 1 aromatic carbocycles. The van der Waals surface area contributed by atoms with Crippen molar-refractivity contribution in [3.8, 4) is 5.69 Å². The molecular formula is C18H22N4O3S. The van der Waals surface area contributed by atoms with Gasteiger partial charge in [-0.05, 0) is 31.4 Å². The normalized spacial score (nSPS) is 15.1. The summed E-state index contributed by atoms with van der Waals surface area (Å²) in [7, 11) is 1.40. The number of hydrogen-bond acceptors (Lipinski definition) is 6. The van der Waals surface area contributed by atoms with Gasteiger partial charge >= 0.3 is 5.97 Å². The summed E-state index contributed by atoms with van der Waals surface area (Å²) in [5, 5.41) is 8.82. The van der Waals surface area contributed by atoms with Crippen molar-refractivity contribution in [1.29, 1.82) is 0 Å². The van der Waals surface area contributed by atoms with E-state index in [4.69, 9.17) is 4.74 Å². The van der Waals surface area contributed by atoms with Crippen LogP contribution in [0.4, 0.5) is 0 Å². The van der Waals surface area contributed by atoms with Gasteiger partial charge in [-0.15, -0.1) is 10.2 Å². The highest BCUT2D eigenvalue weighted by Crippen LogP contribution is 2.23. The number of benzene rings is 1. The number of methoxy groups -OCH3 is 1. The van der Waals surface area contributed by atoms with Crippen LogP contribution in [-0.4, -0.2) is 57.5 Å². The van der Waals surface area contributed by atoms with Gasteiger partial charge in [0.1, 0.15) is 6.33 Å². The maximum absolute atomic E-state index is 12.5. The first-order chi connectivity index (χ1) is 12.6. The van der Waals surface area contributed by atoms with Gasteiger partial charge < -0.3 is 9.64 Å². The van der Waals surface area contributed by atoms with E-state index in [1.807, 2.05) is 35.8 Å². The Kier molecular flexibility index (Phi) is 5.92. The largest absolute Gasteiger partial charge is 0.469 e. The second-order valence-corrected chi connectivity index (χ2v) is 7.18. The lowest BCUT2D eigenvalue weighted by molar-refractivity contribution is -0.148. The molecular weight excluding hydrogens is 352 g/mol. The first kappa shape index (κ1) is 18.4. The second-order valence-electron chi connectivity index (χ2n) is 6.24. The van der Waals surface area contributed by atoms with Crippen molar-refractivity contribution in [2.24, 2.45) is 5.92 Å². The Hall–Kier alpha value is -2.35. The number of nitrogens with zero attached hydrogens (tertiary/aromatic N) is 4. The van der Waals surface area contributed by atoms with Crippen LogP contribution in [0.15, 0.2) is 35.7 Å². The summed E-state index contributed by atoms with van der Waals surface area (Å²) < 4.78 is 6.68. The number of esters is 1. The van der Waals surface area contributed by atoms with Crippen molar-refractivity contribution < 1.29 is 14.3 Å². The van der Waals surface area contributed by atoms with Crippen molar-refractivity contribution in [3.63, 3.8) is 0 Å². The number of aryl methyl sites for hydroxylation is 1. The number of ether oxygens (including phenoxy) is 1. The zero-order valence-electron chi connectivity index (χ0n) is 14.9. The number of hydrogen-bond donors (Lipinski definition) is 0. The predicted molar refractivity (Wildman–Crippen MR) is 98.1 cm³/mol. The smallest absolute Gasteiger partial charge is 0.308 e. The highest BCUT2D eigenvalue weighted by Gasteiger charge is 2.28. The van der Waals surface area contributed by atoms with Crippen LogP contribution in [0.2, 0.25) is 0 Å². The molecule has 1 aliphatic heterocycles. The minimum atomic E-state index is -0.183. The van der Waals surface area contributed by atoms with Gasteiger partial charge in [-0.3, -0.25) is 14.2 Å². The van der Waals surface area contributed by atoms with Crippen molar-refractivity contribution >= 4 is 23.6 Å². The minimum absolute atomic E-state index is 0.0534. The molecule has 3 rings (SSSR count). The van der Waals surface area contributed by atoms with Gasteiger partial charge in [0.15, 0.2) is 5.16 Å². The number of carbonyl (C=O) groups is 2. The van der Waals surface area contributed by atoms with E-state index < -0.39 is 0 Å². The second kappa shape index (κ2) is 8.35. The number of aromatic nitrogens is 3. The average molecular weight is 374 g/mol. The fourth-order valence-corrected chi connectivity index (χ4v) is 3.90. The molecule has 2 heterocycles. The van der Waals surface area contributed by atoms with Crippen molar-refractivity contribution in [3.05, 3.63) is 36.2 Å². The first-order valence-corrected chi connectivity index (χ1v) is 9.53. The van der Waals surface area contributed by atoms with Crippen LogP contribution in [0.1, 0.15) is 18.4 Å². The molecule has 1 amide bonds. The lowest BCUT2D eigenvalue weighted by atomic mass is 9.97. The number of piperidine rings is 1. The zero-order chi connectivity index (χ0) is 18.5. The quantitative estimate of drug-likeness (QED) is 0.589. The van der Waals surface area contributed by atoms with Crippen LogP contribution in [0.5, 0.6) is 0 Å². The lowest BCUT2D eigenvalue weighted by Gasteiger charge is -2.30. The molecule has 0 radical (unpaired) electrons. The molecule has 1 aromatic heterocycles. The van der Waals surface area contributed by atoms with Gasteiger partial charge in [-0.2, -0.15) is 0 Å². The van der Waals surface area contributed by atoms with Crippen molar-refractivity contribution in [1.82, 2.24) is 19.7 Å². The van der Waals surface area contributed by atoms with Gasteiger partial charge in [0.05, 0.1) is 24.5 Å². The molecule has 0 atom stereocenters. The summed E-state index contributed by atoms with van der Waals surface area (Å²) in [4.78, 5) is 25.9. The van der Waals surface area contributed by atoms with E-state index in [1.54, 1.807) is 11.2 Å². The SMILES string of the molecule is COC(=O)C1CCN(C(=O)CSc2nncn2-c2ccccc2C)CC1. The molecule has 0 bridgehead atoms. The standard InChI is InChI=1S/C18H22N4O3S/c1-13-5-3-4-6-15(13)22-12-19-20-18(22)26-11-16(23)21-9-7-14(8-10-21)17(24)25-2/h3-6,12,14H,7-11H2,1-2H3. The van der Waals surface area contributed by atoms with Crippen LogP contribution in [-0.2, 0) is 14.3 Å². The van der Waals surface area contributed by atoms with Gasteiger partial charge in [0.25, 0.3) is 0 Å². The lowest BCUT2D eigenvalue weighted by Crippen LogP contribution is -2.41. The highest BCUT2D eigenvalue weighted by molar-refractivity contribution is 7.99. The van der Waals surface area contributed by atoms with Crippen molar-refractivity contribution in [2.45, 2.75) is 24.9 Å². The molecule has 1 fully saturated rings. The van der Waals surface area contributed by atoms with Crippen LogP contribution in [0, 0.1) is 12.8 Å². The summed E-state index contributed by atoms with van der Waals surface area (Å²) >= 11 is 1.38. The third kappa shape index (κ3) is 4.07. The number of rotatable bonds is 5. The van der Waals surface area contributed by atoms with Crippen LogP contribution in [0.25, 0.3) is 5.69 Å². The Bertz CT molecular complexity index is 784. The topological polar surface area (TPSA) is 77.3 Å². The summed E-state index contributed by atoms with van der Waals surface area (Å²) in [6.07, 6.45) is 2.97. The molecule has 8 heteroatoms. The van der Waals surface area contributed by atoms with Crippen LogP contribution >= 0.6 is 11.8 Å². The Morgan fingerprint density at radius 3 is 2.69 bits per heavy atom. The molecule has 7 nitrogen and oxygen atoms in total. The fourth-order valence-electron chi connectivity index (χ4n) is 3.07. The summed E-state index contributed by atoms with van der Waals surface area (Å²) in [6, 6.07) is 7.98. The maximum atomic E-state index is 12.5. The third-order valence-electron chi connectivity index (χ3n) is 4.60. The molecule has 1 aliphatic rings. The molecule has 26 heavy (non-hydrogen) atoms. The number of amides is 1. The maximum Gasteiger partial charge on any atom is 0.308 e. The minimum Gasteiger partial charge on any atom is -0.469 e. The first-order valence-electron chi connectivity index (χ1n) is 8.54. The zero-order valence-corrected chi connectivity index (χ0v) is 15.7. The molecule has 1 saturated heterocycles. The molecule has 0 aliphatic carbocycles. The van der Waals surface area contributed by atoms with E-state index in [-0.39, 0.29) is 17.8 Å². The number of thioether (sulfide) groups is 1. The molecule has 2 aromatic rings. The average Bonchev–Trinajstić information content (AvgIpc) is 3.14. The summed E-state index contributed by atoms with van der Waals surface area (Å²) in [5.41, 5.74) is 2.12. The molecule has 0 spiro atoms. The van der Waals surface area contributed by atoms with Gasteiger partial charge in [-0.1, -0.05) is 30.0 Å². The molecule has 0 unspecified atom stereocenters. The fraction of sp³-hybridized carbons (Fsp3) is 0.444. The molecule has 0 N–H and O–H groups in total. The molecule has 138 valence electrons. The Balaban J connectivity index is 1.57. The number of carbonyl (C=O) groups excluding carboxylic acids is 2. The Morgan fingerprint density at radius 1 is 1.27 bits per heavy atom. The van der Waals surface area contributed by atoms with Crippen LogP contribution in [0.3, 0.4) is 0 Å². The van der Waals surface area contributed by atoms with E-state index in [0.29, 0.717) is 36.8 Å². The van der Waals surface area contributed by atoms with E-state index in [1.165, 1.54) is 18.9 Å². The Labute approximate surface area is 156 Å². The van der Waals surface area contributed by atoms with Gasteiger partial charge in [-0.25, -0.2) is 0 Å².